The minimum absolute atomic E-state index is 0.0166. The van der Waals surface area contributed by atoms with Crippen molar-refractivity contribution in [2.45, 2.75) is 19.1 Å². The number of carbonyl (C=O) groups excluding carboxylic acids is 2. The van der Waals surface area contributed by atoms with Crippen LogP contribution < -0.4 is 5.32 Å². The van der Waals surface area contributed by atoms with Crippen molar-refractivity contribution < 1.29 is 32.7 Å². The van der Waals surface area contributed by atoms with Crippen molar-refractivity contribution in [2.24, 2.45) is 0 Å². The van der Waals surface area contributed by atoms with Crippen LogP contribution >= 0.6 is 23.2 Å². The summed E-state index contributed by atoms with van der Waals surface area (Å²) in [7, 11) is 1.77. The number of aliphatic carboxylic acids is 1. The van der Waals surface area contributed by atoms with Crippen LogP contribution in [0.1, 0.15) is 43.8 Å². The number of alkyl halides is 3. The molecule has 4 aromatic rings. The van der Waals surface area contributed by atoms with Crippen molar-refractivity contribution in [3.05, 3.63) is 111 Å². The van der Waals surface area contributed by atoms with Gasteiger partial charge in [0, 0.05) is 35.4 Å². The Kier molecular flexibility index (Phi) is 9.35. The molecule has 1 heterocycles. The Morgan fingerprint density at radius 2 is 1.79 bits per heavy atom. The SMILES string of the molecule is CN(CCC(=O)O)Cc1cccc(C(=O)Nc2ccc(Cl)cc2C(=O)c2cnn(-c3ccc(Cl)c(C(F)(F)F)c3)c2)c1. The number of carboxylic acids is 1. The maximum absolute atomic E-state index is 13.4. The zero-order chi connectivity index (χ0) is 30.6. The molecule has 2 N–H and O–H groups in total. The van der Waals surface area contributed by atoms with E-state index in [4.69, 9.17) is 28.3 Å². The molecule has 0 unspecified atom stereocenters. The highest BCUT2D eigenvalue weighted by molar-refractivity contribution is 6.32. The number of nitrogens with zero attached hydrogens (tertiary/aromatic N) is 3. The van der Waals surface area contributed by atoms with Gasteiger partial charge in [0.05, 0.1) is 40.1 Å². The summed E-state index contributed by atoms with van der Waals surface area (Å²) in [4.78, 5) is 39.2. The topological polar surface area (TPSA) is 105 Å². The molecule has 0 aliphatic rings. The quantitative estimate of drug-likeness (QED) is 0.194. The lowest BCUT2D eigenvalue weighted by molar-refractivity contribution is -0.138. The molecule has 3 aromatic carbocycles. The summed E-state index contributed by atoms with van der Waals surface area (Å²) < 4.78 is 41.0. The molecule has 42 heavy (non-hydrogen) atoms. The lowest BCUT2D eigenvalue weighted by atomic mass is 10.0. The first-order valence-corrected chi connectivity index (χ1v) is 13.1. The van der Waals surface area contributed by atoms with Crippen LogP contribution in [0.15, 0.2) is 73.1 Å². The van der Waals surface area contributed by atoms with Crippen LogP contribution in [0.5, 0.6) is 0 Å². The predicted octanol–water partition coefficient (Wildman–Crippen LogP) is 6.59. The van der Waals surface area contributed by atoms with Crippen molar-refractivity contribution in [3.63, 3.8) is 0 Å². The molecule has 0 aliphatic carbocycles. The largest absolute Gasteiger partial charge is 0.481 e. The Hall–Kier alpha value is -4.19. The van der Waals surface area contributed by atoms with E-state index in [1.54, 1.807) is 31.3 Å². The molecule has 0 saturated heterocycles. The number of carboxylic acid groups (broad SMARTS) is 1. The molecule has 0 saturated carbocycles. The number of hydrogen-bond donors (Lipinski definition) is 2. The molecule has 8 nitrogen and oxygen atoms in total. The van der Waals surface area contributed by atoms with Gasteiger partial charge >= 0.3 is 12.1 Å². The number of anilines is 1. The number of benzene rings is 3. The average Bonchev–Trinajstić information content (AvgIpc) is 3.42. The molecule has 1 amide bonds. The third-order valence-electron chi connectivity index (χ3n) is 6.19. The molecular weight excluding hydrogens is 596 g/mol. The van der Waals surface area contributed by atoms with Gasteiger partial charge in [-0.3, -0.25) is 14.4 Å². The summed E-state index contributed by atoms with van der Waals surface area (Å²) in [6.45, 7) is 0.751. The monoisotopic (exact) mass is 618 g/mol. The van der Waals surface area contributed by atoms with E-state index in [1.807, 2.05) is 4.90 Å². The number of halogens is 5. The van der Waals surface area contributed by atoms with E-state index in [0.717, 1.165) is 22.4 Å². The van der Waals surface area contributed by atoms with Gasteiger partial charge in [-0.05, 0) is 61.1 Å². The zero-order valence-corrected chi connectivity index (χ0v) is 23.5. The summed E-state index contributed by atoms with van der Waals surface area (Å²) in [5.74, 6) is -1.98. The Labute approximate surface area is 248 Å². The summed E-state index contributed by atoms with van der Waals surface area (Å²) in [5, 5.41) is 15.4. The van der Waals surface area contributed by atoms with Crippen molar-refractivity contribution in [1.29, 1.82) is 0 Å². The molecular formula is C29H23Cl2F3N4O4. The summed E-state index contributed by atoms with van der Waals surface area (Å²) in [6, 6.07) is 14.3. The van der Waals surface area contributed by atoms with Gasteiger partial charge < -0.3 is 15.3 Å². The lowest BCUT2D eigenvalue weighted by Crippen LogP contribution is -2.21. The molecule has 0 bridgehead atoms. The van der Waals surface area contributed by atoms with Crippen molar-refractivity contribution in [2.75, 3.05) is 18.9 Å². The van der Waals surface area contributed by atoms with Crippen LogP contribution in [0, 0.1) is 0 Å². The highest BCUT2D eigenvalue weighted by atomic mass is 35.5. The van der Waals surface area contributed by atoms with Gasteiger partial charge in [-0.1, -0.05) is 35.3 Å². The van der Waals surface area contributed by atoms with Crippen LogP contribution in [0.4, 0.5) is 18.9 Å². The third kappa shape index (κ3) is 7.55. The molecule has 0 spiro atoms. The van der Waals surface area contributed by atoms with Gasteiger partial charge in [-0.2, -0.15) is 18.3 Å². The van der Waals surface area contributed by atoms with Crippen LogP contribution in [-0.2, 0) is 17.5 Å². The second kappa shape index (κ2) is 12.8. The average molecular weight is 619 g/mol. The summed E-state index contributed by atoms with van der Waals surface area (Å²) in [5.41, 5.74) is 0.348. The molecule has 0 radical (unpaired) electrons. The van der Waals surface area contributed by atoms with Gasteiger partial charge in [0.15, 0.2) is 5.78 Å². The van der Waals surface area contributed by atoms with Gasteiger partial charge in [0.1, 0.15) is 0 Å². The molecule has 0 fully saturated rings. The number of hydrogen-bond acceptors (Lipinski definition) is 5. The molecule has 4 rings (SSSR count). The first-order chi connectivity index (χ1) is 19.8. The van der Waals surface area contributed by atoms with Gasteiger partial charge in [0.2, 0.25) is 0 Å². The van der Waals surface area contributed by atoms with E-state index in [0.29, 0.717) is 18.7 Å². The van der Waals surface area contributed by atoms with E-state index < -0.39 is 34.4 Å². The number of nitrogens with one attached hydrogen (secondary N) is 1. The molecule has 1 aromatic heterocycles. The van der Waals surface area contributed by atoms with E-state index >= 15 is 0 Å². The second-order valence-corrected chi connectivity index (χ2v) is 10.2. The maximum atomic E-state index is 13.4. The van der Waals surface area contributed by atoms with E-state index in [1.165, 1.54) is 36.7 Å². The number of carbonyl (C=O) groups is 3. The zero-order valence-electron chi connectivity index (χ0n) is 22.0. The second-order valence-electron chi connectivity index (χ2n) is 9.39. The fourth-order valence-electron chi connectivity index (χ4n) is 4.11. The fourth-order valence-corrected chi connectivity index (χ4v) is 4.50. The maximum Gasteiger partial charge on any atom is 0.417 e. The van der Waals surface area contributed by atoms with Crippen LogP contribution in [-0.4, -0.2) is 51.0 Å². The van der Waals surface area contributed by atoms with Crippen LogP contribution in [0.25, 0.3) is 5.69 Å². The van der Waals surface area contributed by atoms with Gasteiger partial charge in [0.25, 0.3) is 5.91 Å². The lowest BCUT2D eigenvalue weighted by Gasteiger charge is -2.16. The van der Waals surface area contributed by atoms with E-state index in [-0.39, 0.29) is 33.9 Å². The van der Waals surface area contributed by atoms with Crippen molar-refractivity contribution in [3.8, 4) is 5.69 Å². The molecule has 0 atom stereocenters. The van der Waals surface area contributed by atoms with E-state index in [9.17, 15) is 27.6 Å². The Morgan fingerprint density at radius 3 is 2.50 bits per heavy atom. The van der Waals surface area contributed by atoms with Crippen molar-refractivity contribution in [1.82, 2.24) is 14.7 Å². The standard InChI is InChI=1S/C29H23Cl2F3N4O4/c1-37(10-9-26(39)40)15-17-3-2-4-18(11-17)28(42)36-25-8-5-20(30)12-22(25)27(41)19-14-35-38(16-19)21-6-7-24(31)23(13-21)29(32,33)34/h2-8,11-14,16H,9-10,15H2,1H3,(H,36,42)(H,39,40). The normalized spacial score (nSPS) is 11.5. The number of aromatic nitrogens is 2. The Bertz CT molecular complexity index is 1660. The predicted molar refractivity (Wildman–Crippen MR) is 151 cm³/mol. The first kappa shape index (κ1) is 30.8. The Morgan fingerprint density at radius 1 is 1.02 bits per heavy atom. The summed E-state index contributed by atoms with van der Waals surface area (Å²) >= 11 is 11.8. The Balaban J connectivity index is 1.55. The van der Waals surface area contributed by atoms with Crippen molar-refractivity contribution >= 4 is 46.5 Å². The van der Waals surface area contributed by atoms with Gasteiger partial charge in [-0.15, -0.1) is 0 Å². The summed E-state index contributed by atoms with van der Waals surface area (Å²) in [6.07, 6.45) is -2.23. The minimum atomic E-state index is -4.68. The fraction of sp³-hybridized carbons (Fsp3) is 0.172. The molecule has 218 valence electrons. The molecule has 13 heteroatoms. The first-order valence-electron chi connectivity index (χ1n) is 12.4. The van der Waals surface area contributed by atoms with E-state index in [2.05, 4.69) is 10.4 Å². The van der Waals surface area contributed by atoms with Crippen LogP contribution in [0.3, 0.4) is 0 Å². The van der Waals surface area contributed by atoms with Crippen LogP contribution in [0.2, 0.25) is 10.0 Å². The van der Waals surface area contributed by atoms with Gasteiger partial charge in [-0.25, -0.2) is 4.68 Å². The highest BCUT2D eigenvalue weighted by Gasteiger charge is 2.33. The third-order valence-corrected chi connectivity index (χ3v) is 6.75. The number of rotatable bonds is 10. The minimum Gasteiger partial charge on any atom is -0.481 e. The molecule has 0 aliphatic heterocycles. The number of amides is 1. The number of ketones is 1. The smallest absolute Gasteiger partial charge is 0.417 e. The highest BCUT2D eigenvalue weighted by Crippen LogP contribution is 2.36.